The Morgan fingerprint density at radius 3 is 2.39 bits per heavy atom. The summed E-state index contributed by atoms with van der Waals surface area (Å²) < 4.78 is 5.33. The molecule has 1 aliphatic rings. The van der Waals surface area contributed by atoms with Crippen molar-refractivity contribution in [2.24, 2.45) is 5.92 Å². The number of anilines is 1. The average Bonchev–Trinajstić information content (AvgIpc) is 3.50. The first-order valence-electron chi connectivity index (χ1n) is 15.0. The summed E-state index contributed by atoms with van der Waals surface area (Å²) in [6, 6.07) is 0.441. The Morgan fingerprint density at radius 2 is 1.78 bits per heavy atom. The van der Waals surface area contributed by atoms with Gasteiger partial charge in [-0.3, -0.25) is 33.6 Å². The van der Waals surface area contributed by atoms with Crippen molar-refractivity contribution in [3.63, 3.8) is 0 Å². The molecule has 2 heterocycles. The van der Waals surface area contributed by atoms with Gasteiger partial charge in [0.2, 0.25) is 23.6 Å². The maximum atomic E-state index is 13.8. The minimum Gasteiger partial charge on any atom is -0.481 e. The van der Waals surface area contributed by atoms with Crippen LogP contribution in [-0.2, 0) is 28.8 Å². The van der Waals surface area contributed by atoms with Gasteiger partial charge in [-0.2, -0.15) is 0 Å². The van der Waals surface area contributed by atoms with Crippen molar-refractivity contribution < 1.29 is 43.1 Å². The number of Topliss-reactive ketones (excluding diaryl/α,β-unsaturated/α-hetero) is 1. The normalized spacial score (nSPS) is 16.5. The molecule has 4 atom stereocenters. The molecule has 0 radical (unpaired) electrons. The smallest absolute Gasteiger partial charge is 0.341 e. The fourth-order valence-electron chi connectivity index (χ4n) is 5.38. The molecular weight excluding hydrogens is 602 g/mol. The van der Waals surface area contributed by atoms with Crippen LogP contribution >= 0.6 is 0 Å². The van der Waals surface area contributed by atoms with Crippen molar-refractivity contribution in [2.75, 3.05) is 19.4 Å². The summed E-state index contributed by atoms with van der Waals surface area (Å²) in [5.41, 5.74) is 6.19. The predicted molar refractivity (Wildman–Crippen MR) is 165 cm³/mol. The van der Waals surface area contributed by atoms with E-state index in [0.717, 1.165) is 12.2 Å². The monoisotopic (exact) mass is 643 g/mol. The van der Waals surface area contributed by atoms with E-state index < -0.39 is 71.6 Å². The van der Waals surface area contributed by atoms with E-state index >= 15 is 0 Å². The molecule has 1 aromatic heterocycles. The van der Waals surface area contributed by atoms with Gasteiger partial charge in [0.1, 0.15) is 23.7 Å². The highest BCUT2D eigenvalue weighted by atomic mass is 16.7. The lowest BCUT2D eigenvalue weighted by Crippen LogP contribution is -2.57. The molecule has 1 aliphatic heterocycles. The number of aliphatic carboxylic acids is 1. The number of hydroxylamine groups is 2. The first-order chi connectivity index (χ1) is 21.6. The van der Waals surface area contributed by atoms with Crippen molar-refractivity contribution >= 4 is 52.0 Å². The van der Waals surface area contributed by atoms with Gasteiger partial charge in [0.15, 0.2) is 5.78 Å². The number of fused-ring (bicyclic) bond motifs is 1. The Kier molecular flexibility index (Phi) is 11.6. The number of carbonyl (C=O) groups excluding carboxylic acids is 5. The molecule has 1 aromatic carbocycles. The third-order valence-electron chi connectivity index (χ3n) is 8.01. The molecule has 15 nitrogen and oxygen atoms in total. The highest BCUT2D eigenvalue weighted by Crippen LogP contribution is 2.28. The summed E-state index contributed by atoms with van der Waals surface area (Å²) in [4.78, 5) is 95.3. The van der Waals surface area contributed by atoms with Gasteiger partial charge in [0, 0.05) is 18.5 Å². The molecule has 5 N–H and O–H groups in total. The fraction of sp³-hybridized carbons (Fsp3) is 0.516. The number of hydrogen-bond donors (Lipinski definition) is 4. The molecule has 0 saturated carbocycles. The quantitative estimate of drug-likeness (QED) is 0.138. The molecule has 0 bridgehead atoms. The van der Waals surface area contributed by atoms with E-state index in [1.54, 1.807) is 26.0 Å². The van der Waals surface area contributed by atoms with Crippen molar-refractivity contribution in [3.8, 4) is 0 Å². The number of nitrogens with one attached hydrogen (secondary N) is 2. The van der Waals surface area contributed by atoms with Crippen molar-refractivity contribution in [1.82, 2.24) is 20.6 Å². The van der Waals surface area contributed by atoms with Crippen LogP contribution in [0.4, 0.5) is 5.69 Å². The molecule has 4 amide bonds. The van der Waals surface area contributed by atoms with E-state index in [9.17, 15) is 33.6 Å². The molecule has 1 fully saturated rings. The fourth-order valence-corrected chi connectivity index (χ4v) is 5.38. The summed E-state index contributed by atoms with van der Waals surface area (Å²) in [7, 11) is 1.16. The van der Waals surface area contributed by atoms with E-state index in [-0.39, 0.29) is 46.7 Å². The van der Waals surface area contributed by atoms with Gasteiger partial charge in [-0.15, -0.1) is 0 Å². The van der Waals surface area contributed by atoms with Crippen LogP contribution in [0.1, 0.15) is 69.3 Å². The number of likely N-dealkylation sites (tertiary alicyclic amines) is 1. The van der Waals surface area contributed by atoms with Gasteiger partial charge in [-0.05, 0) is 45.6 Å². The highest BCUT2D eigenvalue weighted by Gasteiger charge is 2.39. The van der Waals surface area contributed by atoms with E-state index in [2.05, 4.69) is 10.6 Å². The van der Waals surface area contributed by atoms with Crippen LogP contribution in [0.5, 0.6) is 0 Å². The first kappa shape index (κ1) is 35.7. The van der Waals surface area contributed by atoms with Crippen molar-refractivity contribution in [1.29, 1.82) is 0 Å². The highest BCUT2D eigenvalue weighted by molar-refractivity contribution is 6.14. The standard InChI is InChI=1S/C31H41N5O10/c1-15(2)26(27(40)19-9-7-11-21-24(19)25(32)16(3)31(44)46-21)34-29(42)20-10-8-14-35(20)30(43)17(4)33-28(41)18(5)36(45-6)22(37)12-13-23(38)39/h7,9,11,15,17-18,20,26H,8,10,12-14,32H2,1-6H3,(H,33,41)(H,34,42)(H,38,39)/t17-,18-,20-,26-/m0/s1. The zero-order valence-corrected chi connectivity index (χ0v) is 26.7. The van der Waals surface area contributed by atoms with E-state index in [1.807, 2.05) is 0 Å². The van der Waals surface area contributed by atoms with E-state index in [1.165, 1.54) is 31.7 Å². The second kappa shape index (κ2) is 15.0. The number of carboxylic acids is 1. The molecule has 3 rings (SSSR count). The van der Waals surface area contributed by atoms with Gasteiger partial charge in [-0.25, -0.2) is 9.86 Å². The molecule has 0 spiro atoms. The summed E-state index contributed by atoms with van der Waals surface area (Å²) in [5, 5.41) is 15.2. The maximum absolute atomic E-state index is 13.8. The number of amides is 4. The number of benzene rings is 1. The minimum absolute atomic E-state index is 0.111. The molecule has 250 valence electrons. The SMILES string of the molecule is CON(C(=O)CCC(=O)O)[C@@H](C)C(=O)N[C@@H](C)C(=O)N1CCC[C@H]1C(=O)N[C@H](C(=O)c1cccc2oc(=O)c(C)c(N)c12)C(C)C. The zero-order chi connectivity index (χ0) is 34.5. The zero-order valence-electron chi connectivity index (χ0n) is 26.7. The predicted octanol–water partition coefficient (Wildman–Crippen LogP) is 1.15. The summed E-state index contributed by atoms with van der Waals surface area (Å²) in [6.07, 6.45) is 0.00459. The van der Waals surface area contributed by atoms with Gasteiger partial charge in [0.25, 0.3) is 0 Å². The second-order valence-electron chi connectivity index (χ2n) is 11.6. The maximum Gasteiger partial charge on any atom is 0.341 e. The molecule has 1 saturated heterocycles. The van der Waals surface area contributed by atoms with Crippen LogP contribution in [0.25, 0.3) is 11.0 Å². The summed E-state index contributed by atoms with van der Waals surface area (Å²) in [5.74, 6) is -4.52. The number of rotatable bonds is 13. The van der Waals surface area contributed by atoms with Gasteiger partial charge in [0.05, 0.1) is 36.2 Å². The number of carbonyl (C=O) groups is 6. The first-order valence-corrected chi connectivity index (χ1v) is 15.0. The molecule has 0 aliphatic carbocycles. The topological polar surface area (TPSA) is 219 Å². The largest absolute Gasteiger partial charge is 0.481 e. The van der Waals surface area contributed by atoms with Crippen LogP contribution < -0.4 is 22.0 Å². The Balaban J connectivity index is 1.74. The van der Waals surface area contributed by atoms with Crippen molar-refractivity contribution in [2.45, 2.75) is 84.5 Å². The minimum atomic E-state index is -1.18. The van der Waals surface area contributed by atoms with Crippen LogP contribution in [0.3, 0.4) is 0 Å². The third-order valence-corrected chi connectivity index (χ3v) is 8.01. The summed E-state index contributed by atoms with van der Waals surface area (Å²) >= 11 is 0. The Hall–Kier alpha value is -4.79. The number of nitrogen functional groups attached to an aromatic ring is 1. The van der Waals surface area contributed by atoms with E-state index in [4.69, 9.17) is 20.1 Å². The number of nitrogens with two attached hydrogens (primary N) is 1. The Bertz CT molecular complexity index is 1590. The molecule has 2 aromatic rings. The molecule has 15 heteroatoms. The average molecular weight is 644 g/mol. The number of ketones is 1. The van der Waals surface area contributed by atoms with Gasteiger partial charge < -0.3 is 30.8 Å². The van der Waals surface area contributed by atoms with E-state index in [0.29, 0.717) is 12.8 Å². The van der Waals surface area contributed by atoms with Crippen LogP contribution in [-0.4, -0.2) is 88.3 Å². The molecular formula is C31H41N5O10. The van der Waals surface area contributed by atoms with Gasteiger partial charge in [-0.1, -0.05) is 26.0 Å². The van der Waals surface area contributed by atoms with Crippen LogP contribution in [0, 0.1) is 12.8 Å². The number of nitrogens with zero attached hydrogens (tertiary/aromatic N) is 2. The lowest BCUT2D eigenvalue weighted by Gasteiger charge is -2.31. The lowest BCUT2D eigenvalue weighted by atomic mass is 9.91. The number of carboxylic acid groups (broad SMARTS) is 1. The molecule has 46 heavy (non-hydrogen) atoms. The third kappa shape index (κ3) is 7.70. The second-order valence-corrected chi connectivity index (χ2v) is 11.6. The summed E-state index contributed by atoms with van der Waals surface area (Å²) in [6.45, 7) is 8.05. The molecule has 0 unspecified atom stereocenters. The Morgan fingerprint density at radius 1 is 1.11 bits per heavy atom. The van der Waals surface area contributed by atoms with Gasteiger partial charge >= 0.3 is 11.6 Å². The van der Waals surface area contributed by atoms with Crippen molar-refractivity contribution in [3.05, 3.63) is 39.7 Å². The number of hydrogen-bond acceptors (Lipinski definition) is 10. The lowest BCUT2D eigenvalue weighted by molar-refractivity contribution is -0.190. The van der Waals surface area contributed by atoms with Crippen LogP contribution in [0.15, 0.2) is 27.4 Å². The Labute approximate surface area is 265 Å². The van der Waals surface area contributed by atoms with Crippen LogP contribution in [0.2, 0.25) is 0 Å².